The summed E-state index contributed by atoms with van der Waals surface area (Å²) in [6.07, 6.45) is 9.17. The van der Waals surface area contributed by atoms with Crippen LogP contribution in [0.15, 0.2) is 12.4 Å². The molecule has 1 aliphatic carbocycles. The standard InChI is InChI=1S/C18H24N6O/c1-22-11-13(10-19-22)14-9-15(14)18(25)23-7-4-12(5-8-23)17-21-20-16-3-2-6-24(16)17/h10-12,14-15H,2-9H2,1H3/t14-,15+/m0/s1. The van der Waals surface area contributed by atoms with Crippen molar-refractivity contribution in [2.75, 3.05) is 13.1 Å². The number of piperidine rings is 1. The largest absolute Gasteiger partial charge is 0.342 e. The summed E-state index contributed by atoms with van der Waals surface area (Å²) in [7, 11) is 1.93. The van der Waals surface area contributed by atoms with Crippen LogP contribution in [0.2, 0.25) is 0 Å². The monoisotopic (exact) mass is 340 g/mol. The molecular weight excluding hydrogens is 316 g/mol. The maximum Gasteiger partial charge on any atom is 0.226 e. The third-order valence-corrected chi connectivity index (χ3v) is 6.07. The Hall–Kier alpha value is -2.18. The lowest BCUT2D eigenvalue weighted by Gasteiger charge is -2.31. The first-order valence-electron chi connectivity index (χ1n) is 9.40. The van der Waals surface area contributed by atoms with Crippen molar-refractivity contribution >= 4 is 5.91 Å². The predicted molar refractivity (Wildman–Crippen MR) is 91.0 cm³/mol. The van der Waals surface area contributed by atoms with Gasteiger partial charge in [0.25, 0.3) is 0 Å². The van der Waals surface area contributed by atoms with Crippen molar-refractivity contribution < 1.29 is 4.79 Å². The smallest absolute Gasteiger partial charge is 0.226 e. The van der Waals surface area contributed by atoms with Gasteiger partial charge in [0.15, 0.2) is 0 Å². The molecule has 2 aromatic heterocycles. The van der Waals surface area contributed by atoms with Crippen LogP contribution in [0.1, 0.15) is 54.7 Å². The lowest BCUT2D eigenvalue weighted by molar-refractivity contribution is -0.133. The fourth-order valence-electron chi connectivity index (χ4n) is 4.54. The fraction of sp³-hybridized carbons (Fsp3) is 0.667. The molecule has 5 rings (SSSR count). The Bertz CT molecular complexity index is 800. The Morgan fingerprint density at radius 1 is 1.20 bits per heavy atom. The van der Waals surface area contributed by atoms with E-state index in [1.165, 1.54) is 12.0 Å². The second-order valence-corrected chi connectivity index (χ2v) is 7.73. The summed E-state index contributed by atoms with van der Waals surface area (Å²) >= 11 is 0. The highest BCUT2D eigenvalue weighted by Gasteiger charge is 2.46. The predicted octanol–water partition coefficient (Wildman–Crippen LogP) is 1.47. The van der Waals surface area contributed by atoms with E-state index in [0.29, 0.717) is 17.7 Å². The van der Waals surface area contributed by atoms with E-state index in [4.69, 9.17) is 0 Å². The molecule has 7 heteroatoms. The van der Waals surface area contributed by atoms with Crippen LogP contribution in [0, 0.1) is 5.92 Å². The molecule has 0 N–H and O–H groups in total. The van der Waals surface area contributed by atoms with E-state index in [1.54, 1.807) is 0 Å². The topological polar surface area (TPSA) is 68.8 Å². The summed E-state index contributed by atoms with van der Waals surface area (Å²) in [4.78, 5) is 14.9. The highest BCUT2D eigenvalue weighted by molar-refractivity contribution is 5.83. The molecule has 1 saturated heterocycles. The average Bonchev–Trinajstić information content (AvgIpc) is 2.95. The van der Waals surface area contributed by atoms with Crippen molar-refractivity contribution in [2.45, 2.75) is 50.5 Å². The Balaban J connectivity index is 1.20. The number of carbonyl (C=O) groups is 1. The molecule has 4 heterocycles. The van der Waals surface area contributed by atoms with Crippen molar-refractivity contribution in [1.82, 2.24) is 29.4 Å². The van der Waals surface area contributed by atoms with Gasteiger partial charge in [-0.1, -0.05) is 0 Å². The Morgan fingerprint density at radius 2 is 2.04 bits per heavy atom. The normalized spacial score (nSPS) is 26.0. The van der Waals surface area contributed by atoms with Crippen LogP contribution < -0.4 is 0 Å². The minimum absolute atomic E-state index is 0.165. The third-order valence-electron chi connectivity index (χ3n) is 6.07. The van der Waals surface area contributed by atoms with Crippen molar-refractivity contribution in [3.63, 3.8) is 0 Å². The van der Waals surface area contributed by atoms with E-state index in [0.717, 1.165) is 57.0 Å². The molecule has 2 fully saturated rings. The van der Waals surface area contributed by atoms with E-state index in [2.05, 4.69) is 24.8 Å². The maximum atomic E-state index is 12.8. The molecular formula is C18H24N6O. The van der Waals surface area contributed by atoms with Crippen LogP contribution in [0.3, 0.4) is 0 Å². The van der Waals surface area contributed by atoms with Gasteiger partial charge in [0, 0.05) is 51.1 Å². The molecule has 1 amide bonds. The molecule has 2 atom stereocenters. The number of carbonyl (C=O) groups excluding carboxylic acids is 1. The van der Waals surface area contributed by atoms with Gasteiger partial charge in [-0.25, -0.2) is 0 Å². The number of amides is 1. The molecule has 0 unspecified atom stereocenters. The van der Waals surface area contributed by atoms with E-state index in [-0.39, 0.29) is 5.92 Å². The van der Waals surface area contributed by atoms with Crippen molar-refractivity contribution in [3.8, 4) is 0 Å². The fourth-order valence-corrected chi connectivity index (χ4v) is 4.54. The molecule has 0 radical (unpaired) electrons. The van der Waals surface area contributed by atoms with Crippen molar-refractivity contribution in [2.24, 2.45) is 13.0 Å². The number of hydrogen-bond donors (Lipinski definition) is 0. The average molecular weight is 340 g/mol. The van der Waals surface area contributed by atoms with Gasteiger partial charge in [0.1, 0.15) is 11.6 Å². The molecule has 2 aliphatic heterocycles. The first kappa shape index (κ1) is 15.1. The highest BCUT2D eigenvalue weighted by atomic mass is 16.2. The number of aromatic nitrogens is 5. The van der Waals surface area contributed by atoms with Crippen LogP contribution in [0.4, 0.5) is 0 Å². The molecule has 7 nitrogen and oxygen atoms in total. The Kier molecular flexibility index (Phi) is 3.43. The van der Waals surface area contributed by atoms with Gasteiger partial charge < -0.3 is 9.47 Å². The number of aryl methyl sites for hydroxylation is 2. The van der Waals surface area contributed by atoms with Crippen LogP contribution in [0.25, 0.3) is 0 Å². The first-order valence-corrected chi connectivity index (χ1v) is 9.40. The summed E-state index contributed by atoms with van der Waals surface area (Å²) in [5.41, 5.74) is 1.20. The first-order chi connectivity index (χ1) is 12.2. The van der Waals surface area contributed by atoms with Crippen LogP contribution >= 0.6 is 0 Å². The van der Waals surface area contributed by atoms with E-state index >= 15 is 0 Å². The molecule has 132 valence electrons. The van der Waals surface area contributed by atoms with Crippen LogP contribution in [-0.4, -0.2) is 48.4 Å². The van der Waals surface area contributed by atoms with Crippen molar-refractivity contribution in [1.29, 1.82) is 0 Å². The lowest BCUT2D eigenvalue weighted by atomic mass is 9.95. The van der Waals surface area contributed by atoms with E-state index in [9.17, 15) is 4.79 Å². The van der Waals surface area contributed by atoms with Gasteiger partial charge in [-0.3, -0.25) is 9.48 Å². The summed E-state index contributed by atoms with van der Waals surface area (Å²) in [6, 6.07) is 0. The second kappa shape index (κ2) is 5.68. The summed E-state index contributed by atoms with van der Waals surface area (Å²) in [5, 5.41) is 13.0. The molecule has 0 bridgehead atoms. The molecule has 0 aromatic carbocycles. The number of nitrogens with zero attached hydrogens (tertiary/aromatic N) is 6. The van der Waals surface area contributed by atoms with Gasteiger partial charge >= 0.3 is 0 Å². The summed E-state index contributed by atoms with van der Waals surface area (Å²) in [6.45, 7) is 2.76. The van der Waals surface area contributed by atoms with Crippen LogP contribution in [-0.2, 0) is 24.8 Å². The summed E-state index contributed by atoms with van der Waals surface area (Å²) in [5.74, 6) is 3.62. The zero-order valence-electron chi connectivity index (χ0n) is 14.6. The molecule has 1 saturated carbocycles. The Labute approximate surface area is 147 Å². The summed E-state index contributed by atoms with van der Waals surface area (Å²) < 4.78 is 4.12. The van der Waals surface area contributed by atoms with Crippen LogP contribution in [0.5, 0.6) is 0 Å². The number of hydrogen-bond acceptors (Lipinski definition) is 4. The number of fused-ring (bicyclic) bond motifs is 1. The maximum absolute atomic E-state index is 12.8. The molecule has 3 aliphatic rings. The van der Waals surface area contributed by atoms with Gasteiger partial charge in [0.2, 0.25) is 5.91 Å². The molecule has 0 spiro atoms. The van der Waals surface area contributed by atoms with Gasteiger partial charge in [-0.15, -0.1) is 10.2 Å². The lowest BCUT2D eigenvalue weighted by Crippen LogP contribution is -2.39. The zero-order chi connectivity index (χ0) is 17.0. The Morgan fingerprint density at radius 3 is 2.80 bits per heavy atom. The minimum Gasteiger partial charge on any atom is -0.342 e. The number of likely N-dealkylation sites (tertiary alicyclic amines) is 1. The highest BCUT2D eigenvalue weighted by Crippen LogP contribution is 2.48. The van der Waals surface area contributed by atoms with Gasteiger partial charge in [0.05, 0.1) is 6.20 Å². The van der Waals surface area contributed by atoms with E-state index in [1.807, 2.05) is 24.1 Å². The molecule has 25 heavy (non-hydrogen) atoms. The zero-order valence-corrected chi connectivity index (χ0v) is 14.6. The van der Waals surface area contributed by atoms with E-state index < -0.39 is 0 Å². The minimum atomic E-state index is 0.165. The van der Waals surface area contributed by atoms with Crippen molar-refractivity contribution in [3.05, 3.63) is 29.6 Å². The van der Waals surface area contributed by atoms with Gasteiger partial charge in [-0.2, -0.15) is 5.10 Å². The second-order valence-electron chi connectivity index (χ2n) is 7.73. The van der Waals surface area contributed by atoms with Gasteiger partial charge in [-0.05, 0) is 37.2 Å². The third kappa shape index (κ3) is 2.56. The molecule has 2 aromatic rings. The number of rotatable bonds is 3. The quantitative estimate of drug-likeness (QED) is 0.848. The SMILES string of the molecule is Cn1cc([C@@H]2C[C@H]2C(=O)N2CCC(c3nnc4n3CCC4)CC2)cn1.